The van der Waals surface area contributed by atoms with Crippen molar-refractivity contribution in [2.45, 2.75) is 16.7 Å². The van der Waals surface area contributed by atoms with E-state index in [0.29, 0.717) is 0 Å². The Morgan fingerprint density at radius 3 is 1.85 bits per heavy atom. The highest BCUT2D eigenvalue weighted by Gasteiger charge is 2.19. The van der Waals surface area contributed by atoms with Crippen LogP contribution in [0.2, 0.25) is 0 Å². The summed E-state index contributed by atoms with van der Waals surface area (Å²) in [6.45, 7) is 0. The zero-order valence-electron chi connectivity index (χ0n) is 10.4. The van der Waals surface area contributed by atoms with Crippen LogP contribution in [0.4, 0.5) is 0 Å². The van der Waals surface area contributed by atoms with Gasteiger partial charge in [-0.3, -0.25) is 4.79 Å². The van der Waals surface area contributed by atoms with E-state index in [0.717, 1.165) is 12.5 Å². The van der Waals surface area contributed by atoms with Crippen molar-refractivity contribution in [1.82, 2.24) is 15.0 Å². The van der Waals surface area contributed by atoms with Gasteiger partial charge in [0, 0.05) is 12.5 Å². The van der Waals surface area contributed by atoms with Gasteiger partial charge in [0.1, 0.15) is 6.42 Å². The smallest absolute Gasteiger partial charge is 0.315 e. The van der Waals surface area contributed by atoms with E-state index in [1.54, 1.807) is 0 Å². The topological polar surface area (TPSA) is 144 Å². The SMILES string of the molecule is CS(=O)(=O)c1nc(C#CCC(=O)O)nc(S(C)(=O)=O)n1. The summed E-state index contributed by atoms with van der Waals surface area (Å²) in [5.41, 5.74) is 0. The van der Waals surface area contributed by atoms with Gasteiger partial charge in [-0.25, -0.2) is 16.8 Å². The van der Waals surface area contributed by atoms with E-state index >= 15 is 0 Å². The molecule has 0 unspecified atom stereocenters. The first-order valence-electron chi connectivity index (χ1n) is 4.87. The van der Waals surface area contributed by atoms with Crippen molar-refractivity contribution >= 4 is 25.6 Å². The number of rotatable bonds is 3. The van der Waals surface area contributed by atoms with Gasteiger partial charge in [0.05, 0.1) is 0 Å². The molecule has 0 saturated carbocycles. The second kappa shape index (κ2) is 5.51. The van der Waals surface area contributed by atoms with Crippen molar-refractivity contribution in [2.24, 2.45) is 0 Å². The standard InChI is InChI=1S/C9H9N3O6S2/c1-19(15,16)8-10-6(4-3-5-7(13)14)11-9(12-8)20(2,17)18/h5H2,1-2H3,(H,13,14). The average molecular weight is 319 g/mol. The van der Waals surface area contributed by atoms with Crippen molar-refractivity contribution in [1.29, 1.82) is 0 Å². The Kier molecular flexibility index (Phi) is 4.41. The van der Waals surface area contributed by atoms with Gasteiger partial charge in [-0.15, -0.1) is 0 Å². The van der Waals surface area contributed by atoms with E-state index in [-0.39, 0.29) is 0 Å². The lowest BCUT2D eigenvalue weighted by Gasteiger charge is -2.00. The molecule has 0 bridgehead atoms. The summed E-state index contributed by atoms with van der Waals surface area (Å²) in [5.74, 6) is 2.72. The molecule has 1 heterocycles. The second-order valence-corrected chi connectivity index (χ2v) is 7.46. The van der Waals surface area contributed by atoms with Crippen LogP contribution in [0, 0.1) is 11.8 Å². The fourth-order valence-electron chi connectivity index (χ4n) is 0.924. The van der Waals surface area contributed by atoms with E-state index in [4.69, 9.17) is 5.11 Å². The maximum Gasteiger partial charge on any atom is 0.315 e. The van der Waals surface area contributed by atoms with Crippen LogP contribution in [0.25, 0.3) is 0 Å². The van der Waals surface area contributed by atoms with Gasteiger partial charge in [-0.2, -0.15) is 15.0 Å². The van der Waals surface area contributed by atoms with Gasteiger partial charge in [0.2, 0.25) is 25.5 Å². The van der Waals surface area contributed by atoms with E-state index in [2.05, 4.69) is 26.8 Å². The number of hydrogen-bond donors (Lipinski definition) is 1. The number of carbonyl (C=O) groups is 1. The molecule has 0 spiro atoms. The number of sulfone groups is 2. The first kappa shape index (κ1) is 16.0. The van der Waals surface area contributed by atoms with Crippen LogP contribution in [0.1, 0.15) is 12.2 Å². The summed E-state index contributed by atoms with van der Waals surface area (Å²) in [4.78, 5) is 20.6. The molecule has 1 rings (SSSR count). The van der Waals surface area contributed by atoms with Crippen LogP contribution in [-0.4, -0.2) is 55.4 Å². The van der Waals surface area contributed by atoms with Crippen LogP contribution in [0.5, 0.6) is 0 Å². The number of aliphatic carboxylic acids is 1. The molecule has 0 aromatic carbocycles. The molecule has 0 atom stereocenters. The summed E-state index contributed by atoms with van der Waals surface area (Å²) >= 11 is 0. The molecular formula is C9H9N3O6S2. The first-order valence-corrected chi connectivity index (χ1v) is 8.65. The second-order valence-electron chi connectivity index (χ2n) is 3.64. The molecular weight excluding hydrogens is 310 g/mol. The number of aromatic nitrogens is 3. The largest absolute Gasteiger partial charge is 0.481 e. The molecule has 0 radical (unpaired) electrons. The van der Waals surface area contributed by atoms with Crippen LogP contribution in [-0.2, 0) is 24.5 Å². The number of carboxylic acid groups (broad SMARTS) is 1. The summed E-state index contributed by atoms with van der Waals surface area (Å²) in [5, 5.41) is 6.93. The zero-order chi connectivity index (χ0) is 15.6. The Balaban J connectivity index is 3.45. The minimum atomic E-state index is -3.86. The van der Waals surface area contributed by atoms with Crippen molar-refractivity contribution in [3.63, 3.8) is 0 Å². The minimum absolute atomic E-state index is 0.429. The first-order chi connectivity index (χ1) is 9.00. The van der Waals surface area contributed by atoms with Crippen molar-refractivity contribution < 1.29 is 26.7 Å². The summed E-state index contributed by atoms with van der Waals surface area (Å²) in [7, 11) is -7.72. The van der Waals surface area contributed by atoms with E-state index < -0.39 is 48.2 Å². The van der Waals surface area contributed by atoms with E-state index in [9.17, 15) is 21.6 Å². The van der Waals surface area contributed by atoms with Gasteiger partial charge in [0.15, 0.2) is 0 Å². The summed E-state index contributed by atoms with van der Waals surface area (Å²) in [6, 6.07) is 0. The normalized spacial score (nSPS) is 11.5. The van der Waals surface area contributed by atoms with E-state index in [1.807, 2.05) is 0 Å². The zero-order valence-corrected chi connectivity index (χ0v) is 12.0. The monoisotopic (exact) mass is 319 g/mol. The van der Waals surface area contributed by atoms with Crippen LogP contribution >= 0.6 is 0 Å². The molecule has 0 amide bonds. The molecule has 9 nitrogen and oxygen atoms in total. The molecule has 108 valence electrons. The fraction of sp³-hybridized carbons (Fsp3) is 0.333. The Hall–Kier alpha value is -2.06. The highest BCUT2D eigenvalue weighted by atomic mass is 32.2. The van der Waals surface area contributed by atoms with Crippen LogP contribution in [0.15, 0.2) is 10.3 Å². The number of hydrogen-bond acceptors (Lipinski definition) is 8. The predicted octanol–water partition coefficient (Wildman–Crippen LogP) is -1.50. The average Bonchev–Trinajstić information content (AvgIpc) is 2.25. The van der Waals surface area contributed by atoms with Gasteiger partial charge < -0.3 is 5.11 Å². The molecule has 0 aliphatic rings. The third kappa shape index (κ3) is 4.56. The summed E-state index contributed by atoms with van der Waals surface area (Å²) in [6.07, 6.45) is 1.07. The highest BCUT2D eigenvalue weighted by Crippen LogP contribution is 2.07. The molecule has 1 N–H and O–H groups in total. The van der Waals surface area contributed by atoms with Gasteiger partial charge in [0.25, 0.3) is 10.3 Å². The van der Waals surface area contributed by atoms with Crippen molar-refractivity contribution in [3.8, 4) is 11.8 Å². The highest BCUT2D eigenvalue weighted by molar-refractivity contribution is 7.91. The van der Waals surface area contributed by atoms with Crippen molar-refractivity contribution in [3.05, 3.63) is 5.82 Å². The minimum Gasteiger partial charge on any atom is -0.481 e. The van der Waals surface area contributed by atoms with Crippen LogP contribution < -0.4 is 0 Å². The Labute approximate surface area is 114 Å². The lowest BCUT2D eigenvalue weighted by Crippen LogP contribution is -2.13. The third-order valence-electron chi connectivity index (χ3n) is 1.70. The molecule has 20 heavy (non-hydrogen) atoms. The van der Waals surface area contributed by atoms with E-state index in [1.165, 1.54) is 0 Å². The molecule has 11 heteroatoms. The quantitative estimate of drug-likeness (QED) is 0.658. The van der Waals surface area contributed by atoms with Gasteiger partial charge in [-0.05, 0) is 5.92 Å². The molecule has 0 saturated heterocycles. The van der Waals surface area contributed by atoms with Gasteiger partial charge >= 0.3 is 5.97 Å². The molecule has 0 fully saturated rings. The number of nitrogens with zero attached hydrogens (tertiary/aromatic N) is 3. The molecule has 0 aliphatic heterocycles. The lowest BCUT2D eigenvalue weighted by atomic mass is 10.4. The van der Waals surface area contributed by atoms with Crippen LogP contribution in [0.3, 0.4) is 0 Å². The Morgan fingerprint density at radius 2 is 1.50 bits per heavy atom. The fourth-order valence-corrected chi connectivity index (χ4v) is 1.99. The molecule has 0 aliphatic carbocycles. The lowest BCUT2D eigenvalue weighted by molar-refractivity contribution is -0.135. The predicted molar refractivity (Wildman–Crippen MR) is 65.2 cm³/mol. The van der Waals surface area contributed by atoms with Gasteiger partial charge in [-0.1, -0.05) is 5.92 Å². The summed E-state index contributed by atoms with van der Waals surface area (Å²) < 4.78 is 45.4. The maximum absolute atomic E-state index is 11.4. The Morgan fingerprint density at radius 1 is 1.05 bits per heavy atom. The molecule has 1 aromatic heterocycles. The van der Waals surface area contributed by atoms with Crippen molar-refractivity contribution in [2.75, 3.05) is 12.5 Å². The number of carboxylic acids is 1. The molecule has 1 aromatic rings. The maximum atomic E-state index is 11.4. The third-order valence-corrected chi connectivity index (χ3v) is 3.39. The Bertz CT molecular complexity index is 767.